The Morgan fingerprint density at radius 3 is 2.05 bits per heavy atom. The van der Waals surface area contributed by atoms with Gasteiger partial charge in [-0.05, 0) is 49.7 Å². The van der Waals surface area contributed by atoms with Crippen LogP contribution in [-0.2, 0) is 4.79 Å². The number of rotatable bonds is 5. The number of hydrogen-bond donors (Lipinski definition) is 0. The van der Waals surface area contributed by atoms with E-state index in [2.05, 4.69) is 6.92 Å². The van der Waals surface area contributed by atoms with E-state index >= 15 is 0 Å². The highest BCUT2D eigenvalue weighted by Gasteiger charge is 2.12. The van der Waals surface area contributed by atoms with Crippen molar-refractivity contribution in [2.75, 3.05) is 5.75 Å². The number of ketones is 1. The molecule has 0 spiro atoms. The largest absolute Gasteiger partial charge is 0.295 e. The van der Waals surface area contributed by atoms with E-state index in [4.69, 9.17) is 0 Å². The predicted octanol–water partition coefficient (Wildman–Crippen LogP) is 6.28. The number of allylic oxidation sites excluding steroid dienone is 2. The van der Waals surface area contributed by atoms with Gasteiger partial charge in [0.15, 0.2) is 5.78 Å². The maximum Gasteiger partial charge on any atom is 0.156 e. The molecular weight excluding hydrogens is 264 g/mol. The zero-order valence-electron chi connectivity index (χ0n) is 13.5. The Labute approximate surface area is 130 Å². The standard InChI is InChI=1S/C18H32OS/c1-3-4-15-20-18-14-12-10-8-6-5-7-9-11-13-17(18)16(2)19/h3-15H2,1-2H3/b18-17-. The van der Waals surface area contributed by atoms with Gasteiger partial charge in [0, 0.05) is 5.57 Å². The van der Waals surface area contributed by atoms with Crippen molar-refractivity contribution in [1.29, 1.82) is 0 Å². The molecule has 0 saturated carbocycles. The fourth-order valence-electron chi connectivity index (χ4n) is 2.81. The van der Waals surface area contributed by atoms with Crippen molar-refractivity contribution < 1.29 is 4.79 Å². The average molecular weight is 297 g/mol. The van der Waals surface area contributed by atoms with Gasteiger partial charge < -0.3 is 0 Å². The summed E-state index contributed by atoms with van der Waals surface area (Å²) in [7, 11) is 0. The van der Waals surface area contributed by atoms with Gasteiger partial charge in [-0.25, -0.2) is 0 Å². The normalized spacial score (nSPS) is 22.9. The molecule has 0 unspecified atom stereocenters. The lowest BCUT2D eigenvalue weighted by Crippen LogP contribution is -2.02. The smallest absolute Gasteiger partial charge is 0.156 e. The molecule has 0 bridgehead atoms. The van der Waals surface area contributed by atoms with Gasteiger partial charge in [0.1, 0.15) is 0 Å². The molecule has 20 heavy (non-hydrogen) atoms. The van der Waals surface area contributed by atoms with Gasteiger partial charge in [-0.2, -0.15) is 0 Å². The number of hydrogen-bond acceptors (Lipinski definition) is 2. The number of Topliss-reactive ketones (excluding diaryl/α,β-unsaturated/α-hetero) is 1. The third-order valence-electron chi connectivity index (χ3n) is 4.12. The molecule has 1 nitrogen and oxygen atoms in total. The molecule has 0 aromatic heterocycles. The Morgan fingerprint density at radius 2 is 1.50 bits per heavy atom. The number of carbonyl (C=O) groups is 1. The van der Waals surface area contributed by atoms with Crippen LogP contribution in [0.5, 0.6) is 0 Å². The zero-order chi connectivity index (χ0) is 14.6. The molecular formula is C18H32OS. The molecule has 0 aliphatic heterocycles. The van der Waals surface area contributed by atoms with Gasteiger partial charge in [0.05, 0.1) is 0 Å². The Morgan fingerprint density at radius 1 is 0.950 bits per heavy atom. The van der Waals surface area contributed by atoms with E-state index in [-0.39, 0.29) is 0 Å². The maximum atomic E-state index is 12.0. The maximum absolute atomic E-state index is 12.0. The van der Waals surface area contributed by atoms with E-state index in [1.165, 1.54) is 74.9 Å². The summed E-state index contributed by atoms with van der Waals surface area (Å²) in [4.78, 5) is 13.4. The average Bonchev–Trinajstić information content (AvgIpc) is 2.41. The summed E-state index contributed by atoms with van der Waals surface area (Å²) in [5.74, 6) is 1.50. The molecule has 2 heteroatoms. The van der Waals surface area contributed by atoms with Crippen molar-refractivity contribution >= 4 is 17.5 Å². The van der Waals surface area contributed by atoms with Crippen molar-refractivity contribution in [3.8, 4) is 0 Å². The van der Waals surface area contributed by atoms with Crippen LogP contribution in [0.2, 0.25) is 0 Å². The summed E-state index contributed by atoms with van der Waals surface area (Å²) in [6, 6.07) is 0. The molecule has 0 atom stereocenters. The first-order valence-corrected chi connectivity index (χ1v) is 9.60. The molecule has 0 amide bonds. The van der Waals surface area contributed by atoms with Crippen LogP contribution in [0.1, 0.15) is 90.9 Å². The quantitative estimate of drug-likeness (QED) is 0.555. The Balaban J connectivity index is 2.70. The topological polar surface area (TPSA) is 17.1 Å². The summed E-state index contributed by atoms with van der Waals surface area (Å²) in [6.07, 6.45) is 15.3. The molecule has 1 aliphatic carbocycles. The molecule has 0 radical (unpaired) electrons. The van der Waals surface area contributed by atoms with Gasteiger partial charge in [0.2, 0.25) is 0 Å². The predicted molar refractivity (Wildman–Crippen MR) is 91.2 cm³/mol. The van der Waals surface area contributed by atoms with E-state index in [1.807, 2.05) is 11.8 Å². The Bertz CT molecular complexity index is 307. The SMILES string of the molecule is CCCCS/C1=C(\C(C)=O)CCCCCCCCCC1. The van der Waals surface area contributed by atoms with Gasteiger partial charge in [-0.15, -0.1) is 11.8 Å². The highest BCUT2D eigenvalue weighted by Crippen LogP contribution is 2.31. The molecule has 1 rings (SSSR count). The summed E-state index contributed by atoms with van der Waals surface area (Å²) < 4.78 is 0. The van der Waals surface area contributed by atoms with Gasteiger partial charge in [-0.1, -0.05) is 51.9 Å². The van der Waals surface area contributed by atoms with Crippen LogP contribution >= 0.6 is 11.8 Å². The summed E-state index contributed by atoms with van der Waals surface area (Å²) in [5.41, 5.74) is 1.16. The van der Waals surface area contributed by atoms with Crippen molar-refractivity contribution in [3.63, 3.8) is 0 Å². The highest BCUT2D eigenvalue weighted by atomic mass is 32.2. The van der Waals surface area contributed by atoms with E-state index in [9.17, 15) is 4.79 Å². The van der Waals surface area contributed by atoms with Crippen molar-refractivity contribution in [3.05, 3.63) is 10.5 Å². The number of unbranched alkanes of at least 4 members (excludes halogenated alkanes) is 1. The molecule has 0 fully saturated rings. The molecule has 1 aliphatic rings. The Kier molecular flexibility index (Phi) is 10.2. The first kappa shape index (κ1) is 17.8. The van der Waals surface area contributed by atoms with E-state index in [1.54, 1.807) is 6.92 Å². The highest BCUT2D eigenvalue weighted by molar-refractivity contribution is 8.03. The first-order valence-electron chi connectivity index (χ1n) is 8.61. The monoisotopic (exact) mass is 296 g/mol. The second kappa shape index (κ2) is 11.4. The second-order valence-electron chi connectivity index (χ2n) is 5.99. The van der Waals surface area contributed by atoms with Crippen molar-refractivity contribution in [2.24, 2.45) is 0 Å². The molecule has 0 aromatic rings. The molecule has 0 N–H and O–H groups in total. The van der Waals surface area contributed by atoms with Crippen LogP contribution in [0.25, 0.3) is 0 Å². The lowest BCUT2D eigenvalue weighted by atomic mass is 9.98. The second-order valence-corrected chi connectivity index (χ2v) is 7.18. The van der Waals surface area contributed by atoms with Crippen LogP contribution in [0.4, 0.5) is 0 Å². The zero-order valence-corrected chi connectivity index (χ0v) is 14.3. The third kappa shape index (κ3) is 7.52. The Hall–Kier alpha value is -0.240. The molecule has 116 valence electrons. The van der Waals surface area contributed by atoms with E-state index < -0.39 is 0 Å². The van der Waals surface area contributed by atoms with Gasteiger partial charge in [-0.3, -0.25) is 4.79 Å². The fourth-order valence-corrected chi connectivity index (χ4v) is 4.20. The van der Waals surface area contributed by atoms with Crippen LogP contribution in [-0.4, -0.2) is 11.5 Å². The minimum Gasteiger partial charge on any atom is -0.295 e. The van der Waals surface area contributed by atoms with E-state index in [0.717, 1.165) is 18.4 Å². The summed E-state index contributed by atoms with van der Waals surface area (Å²) in [6.45, 7) is 4.00. The number of carbonyl (C=O) groups excluding carboxylic acids is 1. The van der Waals surface area contributed by atoms with Crippen LogP contribution in [0, 0.1) is 0 Å². The van der Waals surface area contributed by atoms with Crippen LogP contribution in [0.3, 0.4) is 0 Å². The molecule has 0 heterocycles. The summed E-state index contributed by atoms with van der Waals surface area (Å²) in [5, 5.41) is 0. The minimum atomic E-state index is 0.320. The van der Waals surface area contributed by atoms with Crippen LogP contribution in [0.15, 0.2) is 10.5 Å². The van der Waals surface area contributed by atoms with Crippen molar-refractivity contribution in [2.45, 2.75) is 90.9 Å². The van der Waals surface area contributed by atoms with Gasteiger partial charge in [0.25, 0.3) is 0 Å². The number of thioether (sulfide) groups is 1. The lowest BCUT2D eigenvalue weighted by molar-refractivity contribution is -0.113. The van der Waals surface area contributed by atoms with E-state index in [0.29, 0.717) is 5.78 Å². The third-order valence-corrected chi connectivity index (χ3v) is 5.41. The fraction of sp³-hybridized carbons (Fsp3) is 0.833. The molecule has 0 saturated heterocycles. The van der Waals surface area contributed by atoms with Crippen LogP contribution < -0.4 is 0 Å². The first-order chi connectivity index (χ1) is 9.75. The van der Waals surface area contributed by atoms with Gasteiger partial charge >= 0.3 is 0 Å². The summed E-state index contributed by atoms with van der Waals surface area (Å²) >= 11 is 1.97. The lowest BCUT2D eigenvalue weighted by Gasteiger charge is -2.14. The van der Waals surface area contributed by atoms with Crippen molar-refractivity contribution in [1.82, 2.24) is 0 Å². The minimum absolute atomic E-state index is 0.320. The molecule has 0 aromatic carbocycles.